The zero-order valence-corrected chi connectivity index (χ0v) is 20.3. The van der Waals surface area contributed by atoms with Gasteiger partial charge in [-0.05, 0) is 87.3 Å². The molecule has 0 saturated heterocycles. The SMILES string of the molecule is COc1ccc(C23CCC(CNc4cncc(-c5cnn(C(C)C)c5)n4)(CC2)CC3)cc1C. The Morgan fingerprint density at radius 3 is 2.45 bits per heavy atom. The van der Waals surface area contributed by atoms with Crippen molar-refractivity contribution < 1.29 is 4.74 Å². The van der Waals surface area contributed by atoms with Crippen molar-refractivity contribution in [3.63, 3.8) is 0 Å². The second kappa shape index (κ2) is 8.47. The van der Waals surface area contributed by atoms with Gasteiger partial charge in [-0.1, -0.05) is 12.1 Å². The molecule has 0 unspecified atom stereocenters. The van der Waals surface area contributed by atoms with Crippen LogP contribution in [0.4, 0.5) is 5.82 Å². The van der Waals surface area contributed by atoms with Gasteiger partial charge in [0.15, 0.2) is 0 Å². The third-order valence-electron chi connectivity index (χ3n) is 8.11. The van der Waals surface area contributed by atoms with E-state index in [1.807, 2.05) is 29.5 Å². The molecule has 3 fully saturated rings. The molecule has 1 N–H and O–H groups in total. The van der Waals surface area contributed by atoms with Gasteiger partial charge >= 0.3 is 0 Å². The quantitative estimate of drug-likeness (QED) is 0.487. The Morgan fingerprint density at radius 1 is 1.06 bits per heavy atom. The molecule has 3 aliphatic rings. The first kappa shape index (κ1) is 21.9. The molecule has 6 nitrogen and oxygen atoms in total. The number of hydrogen-bond donors (Lipinski definition) is 1. The molecule has 6 rings (SSSR count). The predicted octanol–water partition coefficient (Wildman–Crippen LogP) is 5.94. The molecule has 33 heavy (non-hydrogen) atoms. The first-order chi connectivity index (χ1) is 15.9. The summed E-state index contributed by atoms with van der Waals surface area (Å²) in [7, 11) is 1.75. The van der Waals surface area contributed by atoms with Crippen molar-refractivity contribution in [2.45, 2.75) is 70.8 Å². The molecule has 2 aromatic heterocycles. The lowest BCUT2D eigenvalue weighted by Crippen LogP contribution is -2.47. The average Bonchev–Trinajstić information content (AvgIpc) is 3.35. The van der Waals surface area contributed by atoms with Crippen LogP contribution >= 0.6 is 0 Å². The van der Waals surface area contributed by atoms with Crippen LogP contribution in [0, 0.1) is 12.3 Å². The topological polar surface area (TPSA) is 64.9 Å². The normalized spacial score (nSPS) is 24.3. The van der Waals surface area contributed by atoms with Crippen molar-refractivity contribution >= 4 is 5.82 Å². The van der Waals surface area contributed by atoms with Gasteiger partial charge in [0.2, 0.25) is 0 Å². The monoisotopic (exact) mass is 445 g/mol. The van der Waals surface area contributed by atoms with Gasteiger partial charge < -0.3 is 10.1 Å². The molecule has 0 amide bonds. The van der Waals surface area contributed by atoms with Crippen LogP contribution in [0.1, 0.15) is 69.5 Å². The van der Waals surface area contributed by atoms with Gasteiger partial charge in [-0.25, -0.2) is 4.98 Å². The average molecular weight is 446 g/mol. The summed E-state index contributed by atoms with van der Waals surface area (Å²) in [6.45, 7) is 7.37. The van der Waals surface area contributed by atoms with Crippen LogP contribution in [0.3, 0.4) is 0 Å². The maximum atomic E-state index is 5.48. The van der Waals surface area contributed by atoms with Crippen molar-refractivity contribution in [1.82, 2.24) is 19.7 Å². The van der Waals surface area contributed by atoms with Gasteiger partial charge in [-0.3, -0.25) is 9.67 Å². The summed E-state index contributed by atoms with van der Waals surface area (Å²) in [5.41, 5.74) is 5.32. The smallest absolute Gasteiger partial charge is 0.145 e. The fourth-order valence-electron chi connectivity index (χ4n) is 5.79. The molecule has 3 aromatic rings. The summed E-state index contributed by atoms with van der Waals surface area (Å²) in [4.78, 5) is 9.26. The van der Waals surface area contributed by atoms with Crippen molar-refractivity contribution in [1.29, 1.82) is 0 Å². The number of aromatic nitrogens is 4. The Labute approximate surface area is 196 Å². The number of ether oxygens (including phenoxy) is 1. The lowest BCUT2D eigenvalue weighted by Gasteiger charge is -2.54. The van der Waals surface area contributed by atoms with Gasteiger partial charge in [-0.15, -0.1) is 0 Å². The number of methoxy groups -OCH3 is 1. The van der Waals surface area contributed by atoms with Crippen molar-refractivity contribution in [3.8, 4) is 17.0 Å². The van der Waals surface area contributed by atoms with Gasteiger partial charge in [0.05, 0.1) is 31.4 Å². The minimum absolute atomic E-state index is 0.332. The van der Waals surface area contributed by atoms with Crippen molar-refractivity contribution in [2.75, 3.05) is 19.0 Å². The van der Waals surface area contributed by atoms with Crippen molar-refractivity contribution in [2.24, 2.45) is 5.41 Å². The van der Waals surface area contributed by atoms with E-state index in [1.165, 1.54) is 49.7 Å². The molecule has 1 aromatic carbocycles. The summed E-state index contributed by atoms with van der Waals surface area (Å²) >= 11 is 0. The molecular weight excluding hydrogens is 410 g/mol. The summed E-state index contributed by atoms with van der Waals surface area (Å²) in [6.07, 6.45) is 15.1. The van der Waals surface area contributed by atoms with Crippen LogP contribution in [-0.2, 0) is 5.41 Å². The number of rotatable bonds is 7. The Morgan fingerprint density at radius 2 is 1.82 bits per heavy atom. The Hall–Kier alpha value is -2.89. The molecule has 174 valence electrons. The lowest BCUT2D eigenvalue weighted by atomic mass is 9.52. The van der Waals surface area contributed by atoms with Crippen LogP contribution in [0.2, 0.25) is 0 Å². The Kier molecular flexibility index (Phi) is 5.63. The lowest BCUT2D eigenvalue weighted by molar-refractivity contribution is 0.0505. The van der Waals surface area contributed by atoms with E-state index in [0.29, 0.717) is 16.9 Å². The molecule has 0 atom stereocenters. The van der Waals surface area contributed by atoms with Crippen LogP contribution in [-0.4, -0.2) is 33.4 Å². The highest BCUT2D eigenvalue weighted by atomic mass is 16.5. The number of nitrogens with zero attached hydrogens (tertiary/aromatic N) is 4. The molecule has 0 spiro atoms. The van der Waals surface area contributed by atoms with E-state index in [4.69, 9.17) is 9.72 Å². The van der Waals surface area contributed by atoms with Gasteiger partial charge in [-0.2, -0.15) is 5.10 Å². The van der Waals surface area contributed by atoms with Crippen LogP contribution in [0.15, 0.2) is 43.0 Å². The van der Waals surface area contributed by atoms with Crippen LogP contribution in [0.25, 0.3) is 11.3 Å². The van der Waals surface area contributed by atoms with Gasteiger partial charge in [0, 0.05) is 24.3 Å². The molecular formula is C27H35N5O. The van der Waals surface area contributed by atoms with E-state index in [9.17, 15) is 0 Å². The van der Waals surface area contributed by atoms with Gasteiger partial charge in [0.25, 0.3) is 0 Å². The largest absolute Gasteiger partial charge is 0.496 e. The molecule has 0 aliphatic heterocycles. The summed E-state index contributed by atoms with van der Waals surface area (Å²) in [5, 5.41) is 8.07. The highest BCUT2D eigenvalue weighted by Gasteiger charge is 2.49. The fraction of sp³-hybridized carbons (Fsp3) is 0.519. The van der Waals surface area contributed by atoms with E-state index >= 15 is 0 Å². The number of aryl methyl sites for hydroxylation is 1. The Balaban J connectivity index is 1.25. The molecule has 2 bridgehead atoms. The summed E-state index contributed by atoms with van der Waals surface area (Å²) < 4.78 is 7.43. The van der Waals surface area contributed by atoms with E-state index in [0.717, 1.165) is 29.4 Å². The second-order valence-corrected chi connectivity index (χ2v) is 10.4. The number of fused-ring (bicyclic) bond motifs is 3. The third kappa shape index (κ3) is 4.11. The van der Waals surface area contributed by atoms with E-state index < -0.39 is 0 Å². The van der Waals surface area contributed by atoms with Crippen LogP contribution in [0.5, 0.6) is 5.75 Å². The number of benzene rings is 1. The van der Waals surface area contributed by atoms with Crippen molar-refractivity contribution in [3.05, 3.63) is 54.1 Å². The van der Waals surface area contributed by atoms with Crippen LogP contribution < -0.4 is 10.1 Å². The summed E-state index contributed by atoms with van der Waals surface area (Å²) in [6, 6.07) is 7.13. The predicted molar refractivity (Wildman–Crippen MR) is 132 cm³/mol. The zero-order chi connectivity index (χ0) is 23.1. The minimum atomic E-state index is 0.332. The molecule has 0 radical (unpaired) electrons. The second-order valence-electron chi connectivity index (χ2n) is 10.4. The number of nitrogens with one attached hydrogen (secondary N) is 1. The molecule has 6 heteroatoms. The molecule has 3 saturated carbocycles. The molecule has 2 heterocycles. The van der Waals surface area contributed by atoms with E-state index in [1.54, 1.807) is 7.11 Å². The van der Waals surface area contributed by atoms with Gasteiger partial charge in [0.1, 0.15) is 11.6 Å². The highest BCUT2D eigenvalue weighted by molar-refractivity contribution is 5.58. The zero-order valence-electron chi connectivity index (χ0n) is 20.3. The number of hydrogen-bond acceptors (Lipinski definition) is 5. The Bertz CT molecular complexity index is 1110. The number of anilines is 1. The first-order valence-electron chi connectivity index (χ1n) is 12.2. The third-order valence-corrected chi connectivity index (χ3v) is 8.11. The highest BCUT2D eigenvalue weighted by Crippen LogP contribution is 2.58. The molecule has 3 aliphatic carbocycles. The first-order valence-corrected chi connectivity index (χ1v) is 12.2. The fourth-order valence-corrected chi connectivity index (χ4v) is 5.79. The van der Waals surface area contributed by atoms with E-state index in [-0.39, 0.29) is 0 Å². The standard InChI is InChI=1S/C27H35N5O/c1-19(2)32-17-21(14-30-32)23-15-28-16-25(31-23)29-18-26-7-10-27(11-8-26,12-9-26)22-5-6-24(33-4)20(3)13-22/h5-6,13-17,19H,7-12,18H2,1-4H3,(H,29,31). The van der Waals surface area contributed by atoms with E-state index in [2.05, 4.69) is 54.4 Å². The maximum absolute atomic E-state index is 5.48. The maximum Gasteiger partial charge on any atom is 0.145 e. The minimum Gasteiger partial charge on any atom is -0.496 e. The summed E-state index contributed by atoms with van der Waals surface area (Å²) in [5.74, 6) is 1.84.